The van der Waals surface area contributed by atoms with Gasteiger partial charge in [0, 0.05) is 16.9 Å². The lowest BCUT2D eigenvalue weighted by molar-refractivity contribution is 0.0950. The first-order chi connectivity index (χ1) is 7.85. The summed E-state index contributed by atoms with van der Waals surface area (Å²) in [6.07, 6.45) is 2.00. The normalized spacial score (nSPS) is 11.4. The lowest BCUT2D eigenvalue weighted by Gasteiger charge is -2.22. The molecule has 0 heterocycles. The molecule has 1 amide bonds. The molecule has 1 aromatic carbocycles. The van der Waals surface area contributed by atoms with Gasteiger partial charge in [0.05, 0.1) is 4.47 Å². The van der Waals surface area contributed by atoms with Gasteiger partial charge in [0.15, 0.2) is 0 Å². The molecule has 0 radical (unpaired) electrons. The van der Waals surface area contributed by atoms with Crippen LogP contribution in [0.4, 0.5) is 4.39 Å². The second kappa shape index (κ2) is 5.87. The third-order valence-electron chi connectivity index (χ3n) is 2.41. The van der Waals surface area contributed by atoms with Crippen molar-refractivity contribution in [2.24, 2.45) is 0 Å². The van der Waals surface area contributed by atoms with Gasteiger partial charge in [-0.05, 0) is 54.2 Å². The second-order valence-electron chi connectivity index (χ2n) is 4.28. The van der Waals surface area contributed by atoms with Gasteiger partial charge in [0.2, 0.25) is 0 Å². The van der Waals surface area contributed by atoms with E-state index in [1.54, 1.807) is 11.8 Å². The smallest absolute Gasteiger partial charge is 0.251 e. The first-order valence-corrected chi connectivity index (χ1v) is 7.16. The molecule has 0 aliphatic carbocycles. The van der Waals surface area contributed by atoms with Crippen LogP contribution in [0.25, 0.3) is 0 Å². The SMILES string of the molecule is CSC(C)(C)CNC(=O)c1ccc(F)c(Br)c1. The van der Waals surface area contributed by atoms with Crippen molar-refractivity contribution in [3.8, 4) is 0 Å². The maximum absolute atomic E-state index is 13.0. The van der Waals surface area contributed by atoms with E-state index in [1.165, 1.54) is 18.2 Å². The fraction of sp³-hybridized carbons (Fsp3) is 0.417. The predicted octanol–water partition coefficient (Wildman–Crippen LogP) is 3.46. The van der Waals surface area contributed by atoms with Crippen molar-refractivity contribution in [3.05, 3.63) is 34.1 Å². The largest absolute Gasteiger partial charge is 0.351 e. The first kappa shape index (κ1) is 14.5. The summed E-state index contributed by atoms with van der Waals surface area (Å²) in [6.45, 7) is 4.68. The molecule has 1 rings (SSSR count). The van der Waals surface area contributed by atoms with Crippen molar-refractivity contribution < 1.29 is 9.18 Å². The maximum Gasteiger partial charge on any atom is 0.251 e. The van der Waals surface area contributed by atoms with E-state index in [1.807, 2.05) is 6.26 Å². The molecule has 0 spiro atoms. The van der Waals surface area contributed by atoms with Crippen LogP contribution >= 0.6 is 27.7 Å². The lowest BCUT2D eigenvalue weighted by atomic mass is 10.1. The number of nitrogens with one attached hydrogen (secondary N) is 1. The molecule has 94 valence electrons. The second-order valence-corrected chi connectivity index (χ2v) is 6.64. The number of hydrogen-bond donors (Lipinski definition) is 1. The van der Waals surface area contributed by atoms with Crippen LogP contribution in [-0.2, 0) is 0 Å². The molecule has 0 aliphatic heterocycles. The number of benzene rings is 1. The van der Waals surface area contributed by atoms with Crippen LogP contribution in [0.1, 0.15) is 24.2 Å². The van der Waals surface area contributed by atoms with E-state index in [0.717, 1.165) is 0 Å². The average molecular weight is 320 g/mol. The van der Waals surface area contributed by atoms with Gasteiger partial charge in [-0.1, -0.05) is 0 Å². The van der Waals surface area contributed by atoms with Gasteiger partial charge in [-0.3, -0.25) is 4.79 Å². The Hall–Kier alpha value is -0.550. The van der Waals surface area contributed by atoms with Crippen molar-refractivity contribution >= 4 is 33.6 Å². The van der Waals surface area contributed by atoms with Crippen molar-refractivity contribution in [2.75, 3.05) is 12.8 Å². The minimum Gasteiger partial charge on any atom is -0.351 e. The zero-order valence-electron chi connectivity index (χ0n) is 10.0. The first-order valence-electron chi connectivity index (χ1n) is 5.14. The van der Waals surface area contributed by atoms with E-state index in [-0.39, 0.29) is 16.5 Å². The Morgan fingerprint density at radius 2 is 2.18 bits per heavy atom. The number of carbonyl (C=O) groups is 1. The molecule has 0 bridgehead atoms. The number of carbonyl (C=O) groups excluding carboxylic acids is 1. The van der Waals surface area contributed by atoms with E-state index >= 15 is 0 Å². The van der Waals surface area contributed by atoms with Crippen molar-refractivity contribution in [1.82, 2.24) is 5.32 Å². The molecule has 0 saturated heterocycles. The summed E-state index contributed by atoms with van der Waals surface area (Å²) in [5.41, 5.74) is 0.454. The van der Waals surface area contributed by atoms with Crippen molar-refractivity contribution in [1.29, 1.82) is 0 Å². The third kappa shape index (κ3) is 4.32. The molecule has 0 aromatic heterocycles. The molecule has 0 aliphatic rings. The summed E-state index contributed by atoms with van der Waals surface area (Å²) in [7, 11) is 0. The summed E-state index contributed by atoms with van der Waals surface area (Å²) in [6, 6.07) is 4.23. The standard InChI is InChI=1S/C12H15BrFNOS/c1-12(2,17-3)7-15-11(16)8-4-5-10(14)9(13)6-8/h4-6H,7H2,1-3H3,(H,15,16). The van der Waals surface area contributed by atoms with Crippen LogP contribution in [0.15, 0.2) is 22.7 Å². The summed E-state index contributed by atoms with van der Waals surface area (Å²) in [4.78, 5) is 11.8. The number of amides is 1. The predicted molar refractivity (Wildman–Crippen MR) is 74.0 cm³/mol. The van der Waals surface area contributed by atoms with E-state index in [9.17, 15) is 9.18 Å². The van der Waals surface area contributed by atoms with E-state index in [2.05, 4.69) is 35.1 Å². The summed E-state index contributed by atoms with van der Waals surface area (Å²) in [5.74, 6) is -0.557. The average Bonchev–Trinajstić information content (AvgIpc) is 2.30. The fourth-order valence-electron chi connectivity index (χ4n) is 1.10. The Morgan fingerprint density at radius 3 is 2.71 bits per heavy atom. The highest BCUT2D eigenvalue weighted by Gasteiger charge is 2.17. The van der Waals surface area contributed by atoms with E-state index in [4.69, 9.17) is 0 Å². The Bertz CT molecular complexity index is 423. The van der Waals surface area contributed by atoms with Gasteiger partial charge in [-0.2, -0.15) is 11.8 Å². The van der Waals surface area contributed by atoms with Crippen LogP contribution in [0.3, 0.4) is 0 Å². The Morgan fingerprint density at radius 1 is 1.53 bits per heavy atom. The van der Waals surface area contributed by atoms with Crippen LogP contribution < -0.4 is 5.32 Å². The highest BCUT2D eigenvalue weighted by Crippen LogP contribution is 2.20. The fourth-order valence-corrected chi connectivity index (χ4v) is 1.70. The quantitative estimate of drug-likeness (QED) is 0.920. The van der Waals surface area contributed by atoms with E-state index in [0.29, 0.717) is 16.6 Å². The molecule has 2 nitrogen and oxygen atoms in total. The topological polar surface area (TPSA) is 29.1 Å². The molecule has 0 unspecified atom stereocenters. The van der Waals surface area contributed by atoms with Crippen LogP contribution in [0.5, 0.6) is 0 Å². The molecule has 1 aromatic rings. The molecular weight excluding hydrogens is 305 g/mol. The molecule has 0 atom stereocenters. The van der Waals surface area contributed by atoms with Crippen LogP contribution in [-0.4, -0.2) is 23.5 Å². The minimum absolute atomic E-state index is 0.00702. The van der Waals surface area contributed by atoms with Gasteiger partial charge < -0.3 is 5.32 Å². The summed E-state index contributed by atoms with van der Waals surface area (Å²) >= 11 is 4.75. The van der Waals surface area contributed by atoms with Crippen molar-refractivity contribution in [3.63, 3.8) is 0 Å². The van der Waals surface area contributed by atoms with Crippen LogP contribution in [0.2, 0.25) is 0 Å². The number of halogens is 2. The van der Waals surface area contributed by atoms with Gasteiger partial charge in [0.1, 0.15) is 5.82 Å². The molecule has 0 saturated carbocycles. The number of hydrogen-bond acceptors (Lipinski definition) is 2. The zero-order valence-corrected chi connectivity index (χ0v) is 12.4. The molecule has 0 fully saturated rings. The van der Waals surface area contributed by atoms with Gasteiger partial charge in [0.25, 0.3) is 5.91 Å². The minimum atomic E-state index is -0.369. The lowest BCUT2D eigenvalue weighted by Crippen LogP contribution is -2.36. The van der Waals surface area contributed by atoms with Crippen LogP contribution in [0, 0.1) is 5.82 Å². The zero-order chi connectivity index (χ0) is 13.1. The Labute approximate surface area is 113 Å². The molecular formula is C12H15BrFNOS. The van der Waals surface area contributed by atoms with Gasteiger partial charge in [-0.15, -0.1) is 0 Å². The van der Waals surface area contributed by atoms with E-state index < -0.39 is 0 Å². The maximum atomic E-state index is 13.0. The highest BCUT2D eigenvalue weighted by molar-refractivity contribution is 9.10. The van der Waals surface area contributed by atoms with Gasteiger partial charge in [-0.25, -0.2) is 4.39 Å². The van der Waals surface area contributed by atoms with Gasteiger partial charge >= 0.3 is 0 Å². The summed E-state index contributed by atoms with van der Waals surface area (Å²) in [5, 5.41) is 2.83. The summed E-state index contributed by atoms with van der Waals surface area (Å²) < 4.78 is 13.3. The Balaban J connectivity index is 2.68. The third-order valence-corrected chi connectivity index (χ3v) is 4.27. The number of rotatable bonds is 4. The molecule has 5 heteroatoms. The number of thioether (sulfide) groups is 1. The highest BCUT2D eigenvalue weighted by atomic mass is 79.9. The van der Waals surface area contributed by atoms with Crippen molar-refractivity contribution in [2.45, 2.75) is 18.6 Å². The molecule has 17 heavy (non-hydrogen) atoms. The monoisotopic (exact) mass is 319 g/mol. The Kier molecular flexibility index (Phi) is 5.01. The molecule has 1 N–H and O–H groups in total.